The summed E-state index contributed by atoms with van der Waals surface area (Å²) in [7, 11) is -3.33. The van der Waals surface area contributed by atoms with Gasteiger partial charge >= 0.3 is 0 Å². The lowest BCUT2D eigenvalue weighted by Gasteiger charge is -2.07. The molecule has 7 heteroatoms. The van der Waals surface area contributed by atoms with E-state index in [0.29, 0.717) is 24.3 Å². The molecule has 0 fully saturated rings. The summed E-state index contributed by atoms with van der Waals surface area (Å²) in [5, 5.41) is 2.79. The summed E-state index contributed by atoms with van der Waals surface area (Å²) in [6.45, 7) is 0.660. The number of hydrogen-bond acceptors (Lipinski definition) is 5. The molecule has 1 aliphatic rings. The van der Waals surface area contributed by atoms with Gasteiger partial charge in [0.25, 0.3) is 5.91 Å². The van der Waals surface area contributed by atoms with Crippen molar-refractivity contribution in [3.8, 4) is 11.5 Å². The molecule has 0 aromatic heterocycles. The van der Waals surface area contributed by atoms with Crippen LogP contribution in [0.15, 0.2) is 47.4 Å². The minimum absolute atomic E-state index is 0.130. The van der Waals surface area contributed by atoms with E-state index in [9.17, 15) is 13.2 Å². The summed E-state index contributed by atoms with van der Waals surface area (Å²) in [6, 6.07) is 11.6. The van der Waals surface area contributed by atoms with Gasteiger partial charge in [0.2, 0.25) is 6.79 Å². The van der Waals surface area contributed by atoms with Gasteiger partial charge in [0.1, 0.15) is 0 Å². The molecule has 2 aromatic carbocycles. The first-order valence-electron chi connectivity index (χ1n) is 7.40. The first-order chi connectivity index (χ1) is 11.4. The SMILES string of the molecule is CS(=O)(=O)c1cccc(C(=O)NCCc2ccc3c(c2)OCO3)c1. The van der Waals surface area contributed by atoms with Crippen LogP contribution in [0.3, 0.4) is 0 Å². The molecular weight excluding hydrogens is 330 g/mol. The molecule has 1 amide bonds. The molecule has 0 atom stereocenters. The summed E-state index contributed by atoms with van der Waals surface area (Å²) in [5.41, 5.74) is 1.34. The number of nitrogens with one attached hydrogen (secondary N) is 1. The minimum atomic E-state index is -3.33. The van der Waals surface area contributed by atoms with Crippen molar-refractivity contribution in [2.24, 2.45) is 0 Å². The van der Waals surface area contributed by atoms with Gasteiger partial charge in [-0.3, -0.25) is 4.79 Å². The van der Waals surface area contributed by atoms with E-state index in [4.69, 9.17) is 9.47 Å². The van der Waals surface area contributed by atoms with Gasteiger partial charge in [-0.05, 0) is 42.3 Å². The summed E-state index contributed by atoms with van der Waals surface area (Å²) < 4.78 is 33.7. The number of hydrogen-bond donors (Lipinski definition) is 1. The van der Waals surface area contributed by atoms with Gasteiger partial charge in [0, 0.05) is 18.4 Å². The zero-order valence-electron chi connectivity index (χ0n) is 13.1. The van der Waals surface area contributed by atoms with Gasteiger partial charge < -0.3 is 14.8 Å². The van der Waals surface area contributed by atoms with Crippen LogP contribution in [0.2, 0.25) is 0 Å². The topological polar surface area (TPSA) is 81.7 Å². The van der Waals surface area contributed by atoms with Crippen LogP contribution >= 0.6 is 0 Å². The van der Waals surface area contributed by atoms with Crippen molar-refractivity contribution in [1.29, 1.82) is 0 Å². The van der Waals surface area contributed by atoms with Gasteiger partial charge in [-0.15, -0.1) is 0 Å². The Morgan fingerprint density at radius 2 is 1.92 bits per heavy atom. The molecule has 1 aliphatic heterocycles. The molecule has 0 bridgehead atoms. The van der Waals surface area contributed by atoms with Gasteiger partial charge in [0.15, 0.2) is 21.3 Å². The van der Waals surface area contributed by atoms with Crippen molar-refractivity contribution < 1.29 is 22.7 Å². The van der Waals surface area contributed by atoms with E-state index in [0.717, 1.165) is 17.6 Å². The predicted molar refractivity (Wildman–Crippen MR) is 88.2 cm³/mol. The third kappa shape index (κ3) is 3.68. The molecule has 0 radical (unpaired) electrons. The highest BCUT2D eigenvalue weighted by Gasteiger charge is 2.14. The van der Waals surface area contributed by atoms with Crippen LogP contribution in [-0.4, -0.2) is 33.9 Å². The molecule has 2 aromatic rings. The van der Waals surface area contributed by atoms with Crippen LogP contribution in [-0.2, 0) is 16.3 Å². The molecule has 1 N–H and O–H groups in total. The number of benzene rings is 2. The number of rotatable bonds is 5. The molecule has 6 nitrogen and oxygen atoms in total. The maximum atomic E-state index is 12.2. The Kier molecular flexibility index (Phi) is 4.44. The van der Waals surface area contributed by atoms with Crippen molar-refractivity contribution in [3.05, 3.63) is 53.6 Å². The fourth-order valence-corrected chi connectivity index (χ4v) is 3.05. The average molecular weight is 347 g/mol. The van der Waals surface area contributed by atoms with Crippen molar-refractivity contribution in [2.45, 2.75) is 11.3 Å². The molecule has 126 valence electrons. The second kappa shape index (κ2) is 6.52. The highest BCUT2D eigenvalue weighted by Crippen LogP contribution is 2.32. The van der Waals surface area contributed by atoms with Crippen molar-refractivity contribution in [1.82, 2.24) is 5.32 Å². The summed E-state index contributed by atoms with van der Waals surface area (Å²) in [6.07, 6.45) is 1.75. The van der Waals surface area contributed by atoms with Crippen LogP contribution in [0.25, 0.3) is 0 Å². The Hall–Kier alpha value is -2.54. The zero-order chi connectivity index (χ0) is 17.2. The molecular formula is C17H17NO5S. The monoisotopic (exact) mass is 347 g/mol. The highest BCUT2D eigenvalue weighted by molar-refractivity contribution is 7.90. The first kappa shape index (κ1) is 16.3. The van der Waals surface area contributed by atoms with Crippen LogP contribution < -0.4 is 14.8 Å². The van der Waals surface area contributed by atoms with Gasteiger partial charge in [-0.2, -0.15) is 0 Å². The number of carbonyl (C=O) groups is 1. The normalized spacial score (nSPS) is 12.9. The van der Waals surface area contributed by atoms with Gasteiger partial charge in [-0.25, -0.2) is 8.42 Å². The fourth-order valence-electron chi connectivity index (χ4n) is 2.39. The maximum absolute atomic E-state index is 12.2. The smallest absolute Gasteiger partial charge is 0.251 e. The Morgan fingerprint density at radius 3 is 2.71 bits per heavy atom. The van der Waals surface area contributed by atoms with Crippen molar-refractivity contribution >= 4 is 15.7 Å². The molecule has 0 aliphatic carbocycles. The minimum Gasteiger partial charge on any atom is -0.454 e. The summed E-state index contributed by atoms with van der Waals surface area (Å²) in [5.74, 6) is 1.13. The van der Waals surface area contributed by atoms with Crippen molar-refractivity contribution in [2.75, 3.05) is 19.6 Å². The molecule has 24 heavy (non-hydrogen) atoms. The van der Waals surface area contributed by atoms with E-state index in [1.165, 1.54) is 12.1 Å². The molecule has 0 unspecified atom stereocenters. The molecule has 0 saturated carbocycles. The number of fused-ring (bicyclic) bond motifs is 1. The summed E-state index contributed by atoms with van der Waals surface area (Å²) in [4.78, 5) is 12.3. The quantitative estimate of drug-likeness (QED) is 0.892. The lowest BCUT2D eigenvalue weighted by atomic mass is 10.1. The Bertz CT molecular complexity index is 876. The largest absolute Gasteiger partial charge is 0.454 e. The molecule has 3 rings (SSSR count). The third-order valence-corrected chi connectivity index (χ3v) is 4.77. The number of sulfone groups is 1. The van der Waals surface area contributed by atoms with E-state index in [2.05, 4.69) is 5.32 Å². The average Bonchev–Trinajstić information content (AvgIpc) is 3.02. The van der Waals surface area contributed by atoms with Crippen LogP contribution in [0.1, 0.15) is 15.9 Å². The standard InChI is InChI=1S/C17H17NO5S/c1-24(20,21)14-4-2-3-13(10-14)17(19)18-8-7-12-5-6-15-16(9-12)23-11-22-15/h2-6,9-10H,7-8,11H2,1H3,(H,18,19). The number of ether oxygens (including phenoxy) is 2. The highest BCUT2D eigenvalue weighted by atomic mass is 32.2. The molecule has 0 saturated heterocycles. The van der Waals surface area contributed by atoms with E-state index in [-0.39, 0.29) is 17.6 Å². The van der Waals surface area contributed by atoms with Crippen LogP contribution in [0, 0.1) is 0 Å². The van der Waals surface area contributed by atoms with E-state index >= 15 is 0 Å². The Morgan fingerprint density at radius 1 is 1.12 bits per heavy atom. The summed E-state index contributed by atoms with van der Waals surface area (Å²) >= 11 is 0. The van der Waals surface area contributed by atoms with Crippen LogP contribution in [0.5, 0.6) is 11.5 Å². The van der Waals surface area contributed by atoms with Crippen molar-refractivity contribution in [3.63, 3.8) is 0 Å². The van der Waals surface area contributed by atoms with E-state index < -0.39 is 9.84 Å². The van der Waals surface area contributed by atoms with Gasteiger partial charge in [-0.1, -0.05) is 12.1 Å². The predicted octanol–water partition coefficient (Wildman–Crippen LogP) is 1.79. The number of amides is 1. The number of carbonyl (C=O) groups excluding carboxylic acids is 1. The molecule has 1 heterocycles. The zero-order valence-corrected chi connectivity index (χ0v) is 13.9. The first-order valence-corrected chi connectivity index (χ1v) is 9.29. The van der Waals surface area contributed by atoms with Crippen LogP contribution in [0.4, 0.5) is 0 Å². The van der Waals surface area contributed by atoms with E-state index in [1.807, 2.05) is 18.2 Å². The Balaban J connectivity index is 1.60. The lowest BCUT2D eigenvalue weighted by Crippen LogP contribution is -2.25. The molecule has 0 spiro atoms. The fraction of sp³-hybridized carbons (Fsp3) is 0.235. The van der Waals surface area contributed by atoms with E-state index in [1.54, 1.807) is 12.1 Å². The third-order valence-electron chi connectivity index (χ3n) is 3.66. The van der Waals surface area contributed by atoms with Gasteiger partial charge in [0.05, 0.1) is 4.90 Å². The lowest BCUT2D eigenvalue weighted by molar-refractivity contribution is 0.0954. The Labute approximate surface area is 140 Å². The second-order valence-electron chi connectivity index (χ2n) is 5.49. The second-order valence-corrected chi connectivity index (χ2v) is 7.51. The maximum Gasteiger partial charge on any atom is 0.251 e.